The van der Waals surface area contributed by atoms with Gasteiger partial charge in [-0.15, -0.1) is 0 Å². The Morgan fingerprint density at radius 2 is 2.06 bits per heavy atom. The van der Waals surface area contributed by atoms with E-state index in [1.807, 2.05) is 12.1 Å². The van der Waals surface area contributed by atoms with Gasteiger partial charge in [-0.2, -0.15) is 0 Å². The third-order valence-corrected chi connectivity index (χ3v) is 2.09. The topological polar surface area (TPSA) is 52.3 Å². The van der Waals surface area contributed by atoms with Crippen molar-refractivity contribution in [2.24, 2.45) is 0 Å². The maximum absolute atomic E-state index is 11.2. The fourth-order valence-electron chi connectivity index (χ4n) is 1.14. The van der Waals surface area contributed by atoms with E-state index in [9.17, 15) is 4.79 Å². The summed E-state index contributed by atoms with van der Waals surface area (Å²) in [6.45, 7) is 2.54. The zero-order valence-corrected chi connectivity index (χ0v) is 9.48. The maximum Gasteiger partial charge on any atom is 0.330 e. The molecule has 86 valence electrons. The Kier molecular flexibility index (Phi) is 5.12. The molecular weight excluding hydrogens is 202 g/mol. The molecule has 1 aromatic rings. The van der Waals surface area contributed by atoms with E-state index in [0.29, 0.717) is 12.3 Å². The molecule has 0 amide bonds. The molecule has 1 rings (SSSR count). The highest BCUT2D eigenvalue weighted by molar-refractivity contribution is 5.87. The van der Waals surface area contributed by atoms with Crippen LogP contribution in [0.2, 0.25) is 0 Å². The van der Waals surface area contributed by atoms with E-state index in [0.717, 1.165) is 18.4 Å². The number of anilines is 1. The smallest absolute Gasteiger partial charge is 0.330 e. The summed E-state index contributed by atoms with van der Waals surface area (Å²) in [5.74, 6) is -0.301. The Morgan fingerprint density at radius 1 is 1.38 bits per heavy atom. The van der Waals surface area contributed by atoms with Crippen LogP contribution in [0.5, 0.6) is 0 Å². The van der Waals surface area contributed by atoms with Crippen molar-refractivity contribution in [3.63, 3.8) is 0 Å². The van der Waals surface area contributed by atoms with Gasteiger partial charge in [0.25, 0.3) is 0 Å². The van der Waals surface area contributed by atoms with E-state index in [1.165, 1.54) is 6.08 Å². The number of hydrogen-bond donors (Lipinski definition) is 1. The first kappa shape index (κ1) is 12.3. The van der Waals surface area contributed by atoms with E-state index in [4.69, 9.17) is 10.5 Å². The molecule has 0 spiro atoms. The predicted molar refractivity (Wildman–Crippen MR) is 65.8 cm³/mol. The van der Waals surface area contributed by atoms with Crippen molar-refractivity contribution < 1.29 is 9.53 Å². The zero-order valence-electron chi connectivity index (χ0n) is 9.48. The van der Waals surface area contributed by atoms with Crippen LogP contribution in [0.25, 0.3) is 6.08 Å². The Morgan fingerprint density at radius 3 is 2.69 bits per heavy atom. The maximum atomic E-state index is 11.2. The third-order valence-electron chi connectivity index (χ3n) is 2.09. The molecule has 0 saturated heterocycles. The highest BCUT2D eigenvalue weighted by Crippen LogP contribution is 2.07. The van der Waals surface area contributed by atoms with Crippen molar-refractivity contribution >= 4 is 17.7 Å². The van der Waals surface area contributed by atoms with Gasteiger partial charge in [0.1, 0.15) is 0 Å². The lowest BCUT2D eigenvalue weighted by molar-refractivity contribution is -0.137. The van der Waals surface area contributed by atoms with Crippen LogP contribution in [-0.2, 0) is 9.53 Å². The minimum Gasteiger partial charge on any atom is -0.463 e. The van der Waals surface area contributed by atoms with Crippen LogP contribution in [0, 0.1) is 0 Å². The van der Waals surface area contributed by atoms with Gasteiger partial charge in [0, 0.05) is 11.8 Å². The predicted octanol–water partition coefficient (Wildman–Crippen LogP) is 2.63. The van der Waals surface area contributed by atoms with Gasteiger partial charge in [-0.25, -0.2) is 4.79 Å². The van der Waals surface area contributed by atoms with E-state index >= 15 is 0 Å². The summed E-state index contributed by atoms with van der Waals surface area (Å²) in [6, 6.07) is 7.29. The molecule has 0 fully saturated rings. The first-order valence-corrected chi connectivity index (χ1v) is 5.42. The Labute approximate surface area is 95.9 Å². The van der Waals surface area contributed by atoms with Crippen molar-refractivity contribution in [3.05, 3.63) is 35.9 Å². The SMILES string of the molecule is CCCCOC(=O)C=Cc1ccc(N)cc1. The molecule has 0 aromatic heterocycles. The van der Waals surface area contributed by atoms with Gasteiger partial charge in [-0.3, -0.25) is 0 Å². The lowest BCUT2D eigenvalue weighted by Crippen LogP contribution is -2.01. The third kappa shape index (κ3) is 4.64. The number of hydrogen-bond acceptors (Lipinski definition) is 3. The summed E-state index contributed by atoms with van der Waals surface area (Å²) >= 11 is 0. The van der Waals surface area contributed by atoms with Crippen LogP contribution in [0.15, 0.2) is 30.3 Å². The molecule has 0 saturated carbocycles. The number of esters is 1. The van der Waals surface area contributed by atoms with Crippen molar-refractivity contribution in [1.29, 1.82) is 0 Å². The quantitative estimate of drug-likeness (QED) is 0.358. The summed E-state index contributed by atoms with van der Waals surface area (Å²) in [6.07, 6.45) is 5.07. The lowest BCUT2D eigenvalue weighted by Gasteiger charge is -1.99. The van der Waals surface area contributed by atoms with Gasteiger partial charge in [-0.1, -0.05) is 25.5 Å². The van der Waals surface area contributed by atoms with Crippen molar-refractivity contribution in [1.82, 2.24) is 0 Å². The summed E-state index contributed by atoms with van der Waals surface area (Å²) in [4.78, 5) is 11.2. The number of benzene rings is 1. The van der Waals surface area contributed by atoms with Gasteiger partial charge in [0.2, 0.25) is 0 Å². The minimum atomic E-state index is -0.301. The van der Waals surface area contributed by atoms with Crippen LogP contribution in [0.3, 0.4) is 0 Å². The summed E-state index contributed by atoms with van der Waals surface area (Å²) in [7, 11) is 0. The fourth-order valence-corrected chi connectivity index (χ4v) is 1.14. The van der Waals surface area contributed by atoms with Crippen molar-refractivity contribution in [2.75, 3.05) is 12.3 Å². The molecule has 0 aliphatic heterocycles. The molecule has 0 aliphatic rings. The van der Waals surface area contributed by atoms with Gasteiger partial charge < -0.3 is 10.5 Å². The Hall–Kier alpha value is -1.77. The number of carbonyl (C=O) groups excluding carboxylic acids is 1. The second-order valence-corrected chi connectivity index (χ2v) is 3.52. The normalized spacial score (nSPS) is 10.6. The van der Waals surface area contributed by atoms with E-state index < -0.39 is 0 Å². The molecule has 0 bridgehead atoms. The van der Waals surface area contributed by atoms with Crippen molar-refractivity contribution in [3.8, 4) is 0 Å². The number of carbonyl (C=O) groups is 1. The molecule has 0 heterocycles. The minimum absolute atomic E-state index is 0.301. The highest BCUT2D eigenvalue weighted by Gasteiger charge is 1.95. The van der Waals surface area contributed by atoms with Gasteiger partial charge in [-0.05, 0) is 30.2 Å². The van der Waals surface area contributed by atoms with Gasteiger partial charge in [0.15, 0.2) is 0 Å². The summed E-state index contributed by atoms with van der Waals surface area (Å²) < 4.78 is 4.98. The summed E-state index contributed by atoms with van der Waals surface area (Å²) in [5, 5.41) is 0. The van der Waals surface area contributed by atoms with Crippen LogP contribution >= 0.6 is 0 Å². The average Bonchev–Trinajstić information content (AvgIpc) is 2.29. The van der Waals surface area contributed by atoms with Crippen LogP contribution in [0.1, 0.15) is 25.3 Å². The number of ether oxygens (including phenoxy) is 1. The monoisotopic (exact) mass is 219 g/mol. The molecule has 16 heavy (non-hydrogen) atoms. The number of nitrogens with two attached hydrogens (primary N) is 1. The van der Waals surface area contributed by atoms with E-state index in [2.05, 4.69) is 6.92 Å². The molecule has 3 heteroatoms. The van der Waals surface area contributed by atoms with Crippen LogP contribution < -0.4 is 5.73 Å². The first-order chi connectivity index (χ1) is 7.72. The number of unbranched alkanes of at least 4 members (excludes halogenated alkanes) is 1. The second kappa shape index (κ2) is 6.67. The fraction of sp³-hybridized carbons (Fsp3) is 0.308. The summed E-state index contributed by atoms with van der Waals surface area (Å²) in [5.41, 5.74) is 7.19. The molecule has 2 N–H and O–H groups in total. The average molecular weight is 219 g/mol. The zero-order chi connectivity index (χ0) is 11.8. The van der Waals surface area contributed by atoms with Crippen LogP contribution in [-0.4, -0.2) is 12.6 Å². The van der Waals surface area contributed by atoms with Gasteiger partial charge in [0.05, 0.1) is 6.61 Å². The van der Waals surface area contributed by atoms with Gasteiger partial charge >= 0.3 is 5.97 Å². The first-order valence-electron chi connectivity index (χ1n) is 5.42. The standard InChI is InChI=1S/C13H17NO2/c1-2-3-10-16-13(15)9-6-11-4-7-12(14)8-5-11/h4-9H,2-3,10,14H2,1H3. The molecule has 0 radical (unpaired) electrons. The number of rotatable bonds is 5. The molecule has 1 aromatic carbocycles. The Bertz CT molecular complexity index is 355. The molecule has 0 aliphatic carbocycles. The molecular formula is C13H17NO2. The highest BCUT2D eigenvalue weighted by atomic mass is 16.5. The molecule has 0 atom stereocenters. The molecule has 3 nitrogen and oxygen atoms in total. The van der Waals surface area contributed by atoms with E-state index in [1.54, 1.807) is 18.2 Å². The van der Waals surface area contributed by atoms with Crippen molar-refractivity contribution in [2.45, 2.75) is 19.8 Å². The second-order valence-electron chi connectivity index (χ2n) is 3.52. The largest absolute Gasteiger partial charge is 0.463 e. The number of nitrogen functional groups attached to an aromatic ring is 1. The lowest BCUT2D eigenvalue weighted by atomic mass is 10.2. The Balaban J connectivity index is 2.41. The molecule has 0 unspecified atom stereocenters. The van der Waals surface area contributed by atoms with Crippen LogP contribution in [0.4, 0.5) is 5.69 Å². The van der Waals surface area contributed by atoms with E-state index in [-0.39, 0.29) is 5.97 Å².